The van der Waals surface area contributed by atoms with Crippen molar-refractivity contribution in [3.05, 3.63) is 35.4 Å². The fraction of sp³-hybridized carbons (Fsp3) is 0.100. The van der Waals surface area contributed by atoms with Gasteiger partial charge in [0, 0.05) is 12.1 Å². The molecule has 2 amide bonds. The third-order valence-corrected chi connectivity index (χ3v) is 1.84. The lowest BCUT2D eigenvalue weighted by Gasteiger charge is -2.05. The summed E-state index contributed by atoms with van der Waals surface area (Å²) in [6.45, 7) is 0.108. The van der Waals surface area contributed by atoms with Gasteiger partial charge in [-0.2, -0.15) is 0 Å². The third-order valence-electron chi connectivity index (χ3n) is 1.84. The number of amides is 2. The van der Waals surface area contributed by atoms with Gasteiger partial charge >= 0.3 is 0 Å². The molecule has 78 valence electrons. The van der Waals surface area contributed by atoms with Crippen LogP contribution >= 0.6 is 0 Å². The van der Waals surface area contributed by atoms with Gasteiger partial charge in [0.1, 0.15) is 0 Å². The summed E-state index contributed by atoms with van der Waals surface area (Å²) in [6.07, 6.45) is 0.173. The lowest BCUT2D eigenvalue weighted by molar-refractivity contribution is -0.131. The van der Waals surface area contributed by atoms with Crippen molar-refractivity contribution in [2.24, 2.45) is 5.73 Å². The second-order valence-corrected chi connectivity index (χ2v) is 2.86. The van der Waals surface area contributed by atoms with Crippen molar-refractivity contribution in [2.75, 3.05) is 0 Å². The smallest absolute Gasteiger partial charge is 0.284 e. The van der Waals surface area contributed by atoms with Gasteiger partial charge in [-0.15, -0.1) is 0 Å². The number of hydrogen-bond donors (Lipinski definition) is 2. The molecule has 15 heavy (non-hydrogen) atoms. The van der Waals surface area contributed by atoms with Crippen LogP contribution in [-0.4, -0.2) is 18.1 Å². The molecule has 0 spiro atoms. The fourth-order valence-corrected chi connectivity index (χ4v) is 1.14. The van der Waals surface area contributed by atoms with Crippen molar-refractivity contribution in [2.45, 2.75) is 6.54 Å². The first-order valence-corrected chi connectivity index (χ1v) is 4.26. The SMILES string of the molecule is NC(=O)c1ccccc1CNC(=O)C=O. The van der Waals surface area contributed by atoms with Gasteiger partial charge in [0.05, 0.1) is 0 Å². The number of nitrogens with two attached hydrogens (primary N) is 1. The molecule has 0 aliphatic carbocycles. The van der Waals surface area contributed by atoms with E-state index in [0.29, 0.717) is 11.1 Å². The number of benzene rings is 1. The summed E-state index contributed by atoms with van der Waals surface area (Å²) >= 11 is 0. The quantitative estimate of drug-likeness (QED) is 0.519. The Bertz CT molecular complexity index is 401. The van der Waals surface area contributed by atoms with Crippen molar-refractivity contribution in [3.63, 3.8) is 0 Å². The van der Waals surface area contributed by atoms with E-state index in [2.05, 4.69) is 5.32 Å². The van der Waals surface area contributed by atoms with Crippen LogP contribution in [0.25, 0.3) is 0 Å². The summed E-state index contributed by atoms with van der Waals surface area (Å²) < 4.78 is 0. The van der Waals surface area contributed by atoms with E-state index >= 15 is 0 Å². The number of carbonyl (C=O) groups excluding carboxylic acids is 3. The standard InChI is InChI=1S/C10H10N2O3/c11-10(15)8-4-2-1-3-7(8)5-12-9(14)6-13/h1-4,6H,5H2,(H2,11,15)(H,12,14). The average molecular weight is 206 g/mol. The van der Waals surface area contributed by atoms with E-state index in [-0.39, 0.29) is 12.8 Å². The molecule has 0 aromatic heterocycles. The number of nitrogens with one attached hydrogen (secondary N) is 1. The fourth-order valence-electron chi connectivity index (χ4n) is 1.14. The Morgan fingerprint density at radius 2 is 2.00 bits per heavy atom. The molecule has 0 bridgehead atoms. The van der Waals surface area contributed by atoms with Gasteiger partial charge in [-0.1, -0.05) is 18.2 Å². The normalized spacial score (nSPS) is 9.33. The first-order chi connectivity index (χ1) is 7.15. The van der Waals surface area contributed by atoms with Crippen molar-refractivity contribution in [1.29, 1.82) is 0 Å². The first kappa shape index (κ1) is 10.9. The van der Waals surface area contributed by atoms with E-state index < -0.39 is 11.8 Å². The summed E-state index contributed by atoms with van der Waals surface area (Å²) in [5, 5.41) is 2.33. The highest BCUT2D eigenvalue weighted by molar-refractivity contribution is 6.23. The van der Waals surface area contributed by atoms with Gasteiger partial charge in [0.2, 0.25) is 12.2 Å². The second kappa shape index (κ2) is 4.90. The summed E-state index contributed by atoms with van der Waals surface area (Å²) in [5.41, 5.74) is 6.05. The molecule has 0 unspecified atom stereocenters. The number of aldehydes is 1. The van der Waals surface area contributed by atoms with Gasteiger partial charge in [0.15, 0.2) is 0 Å². The molecular formula is C10H10N2O3. The molecule has 1 aromatic carbocycles. The van der Waals surface area contributed by atoms with Gasteiger partial charge in [-0.3, -0.25) is 14.4 Å². The van der Waals surface area contributed by atoms with Crippen molar-refractivity contribution in [3.8, 4) is 0 Å². The molecule has 5 nitrogen and oxygen atoms in total. The van der Waals surface area contributed by atoms with Crippen LogP contribution in [0.4, 0.5) is 0 Å². The predicted molar refractivity (Wildman–Crippen MR) is 52.9 cm³/mol. The third kappa shape index (κ3) is 2.91. The van der Waals surface area contributed by atoms with Crippen LogP contribution in [0.5, 0.6) is 0 Å². The van der Waals surface area contributed by atoms with Gasteiger partial charge < -0.3 is 11.1 Å². The molecule has 0 aliphatic rings. The second-order valence-electron chi connectivity index (χ2n) is 2.86. The van der Waals surface area contributed by atoms with Crippen LogP contribution in [0.15, 0.2) is 24.3 Å². The molecule has 0 atom stereocenters. The molecule has 0 fully saturated rings. The molecule has 1 rings (SSSR count). The van der Waals surface area contributed by atoms with Crippen LogP contribution < -0.4 is 11.1 Å². The lowest BCUT2D eigenvalue weighted by atomic mass is 10.1. The number of hydrogen-bond acceptors (Lipinski definition) is 3. The molecule has 0 heterocycles. The molecular weight excluding hydrogens is 196 g/mol. The Balaban J connectivity index is 2.80. The number of primary amides is 1. The highest BCUT2D eigenvalue weighted by Crippen LogP contribution is 2.07. The highest BCUT2D eigenvalue weighted by Gasteiger charge is 2.07. The lowest BCUT2D eigenvalue weighted by Crippen LogP contribution is -2.25. The maximum atomic E-state index is 11.0. The van der Waals surface area contributed by atoms with E-state index in [9.17, 15) is 14.4 Å². The summed E-state index contributed by atoms with van der Waals surface area (Å²) in [4.78, 5) is 31.7. The summed E-state index contributed by atoms with van der Waals surface area (Å²) in [7, 11) is 0. The molecule has 1 aromatic rings. The zero-order chi connectivity index (χ0) is 11.3. The number of carbonyl (C=O) groups is 3. The summed E-state index contributed by atoms with van der Waals surface area (Å²) in [5.74, 6) is -1.29. The van der Waals surface area contributed by atoms with E-state index in [1.807, 2.05) is 0 Å². The van der Waals surface area contributed by atoms with Crippen LogP contribution in [0, 0.1) is 0 Å². The minimum absolute atomic E-state index is 0.108. The van der Waals surface area contributed by atoms with Gasteiger partial charge in [-0.25, -0.2) is 0 Å². The Morgan fingerprint density at radius 3 is 2.60 bits per heavy atom. The molecule has 3 N–H and O–H groups in total. The largest absolute Gasteiger partial charge is 0.366 e. The van der Waals surface area contributed by atoms with E-state index in [0.717, 1.165) is 0 Å². The first-order valence-electron chi connectivity index (χ1n) is 4.26. The van der Waals surface area contributed by atoms with Gasteiger partial charge in [-0.05, 0) is 11.6 Å². The number of rotatable bonds is 4. The van der Waals surface area contributed by atoms with E-state index in [1.165, 1.54) is 0 Å². The Hall–Kier alpha value is -2.17. The molecule has 5 heteroatoms. The molecule has 0 saturated carbocycles. The Labute approximate surface area is 86.3 Å². The van der Waals surface area contributed by atoms with Crippen LogP contribution in [0.1, 0.15) is 15.9 Å². The maximum Gasteiger partial charge on any atom is 0.284 e. The van der Waals surface area contributed by atoms with E-state index in [4.69, 9.17) is 5.73 Å². The zero-order valence-corrected chi connectivity index (χ0v) is 7.90. The molecule has 0 aliphatic heterocycles. The van der Waals surface area contributed by atoms with Gasteiger partial charge in [0.25, 0.3) is 5.91 Å². The van der Waals surface area contributed by atoms with Crippen molar-refractivity contribution < 1.29 is 14.4 Å². The van der Waals surface area contributed by atoms with Crippen molar-refractivity contribution >= 4 is 18.1 Å². The van der Waals surface area contributed by atoms with Crippen LogP contribution in [0.2, 0.25) is 0 Å². The minimum Gasteiger partial charge on any atom is -0.366 e. The highest BCUT2D eigenvalue weighted by atomic mass is 16.2. The molecule has 0 radical (unpaired) electrons. The Morgan fingerprint density at radius 1 is 1.33 bits per heavy atom. The maximum absolute atomic E-state index is 11.0. The average Bonchev–Trinajstić information content (AvgIpc) is 2.26. The van der Waals surface area contributed by atoms with Crippen LogP contribution in [0.3, 0.4) is 0 Å². The topological polar surface area (TPSA) is 89.3 Å². The van der Waals surface area contributed by atoms with E-state index in [1.54, 1.807) is 24.3 Å². The minimum atomic E-state index is -0.728. The van der Waals surface area contributed by atoms with Crippen LogP contribution in [-0.2, 0) is 16.1 Å². The predicted octanol–water partition coefficient (Wildman–Crippen LogP) is -0.399. The monoisotopic (exact) mass is 206 g/mol. The summed E-state index contributed by atoms with van der Waals surface area (Å²) in [6, 6.07) is 6.61. The zero-order valence-electron chi connectivity index (χ0n) is 7.90. The Kier molecular flexibility index (Phi) is 3.56. The van der Waals surface area contributed by atoms with Crippen molar-refractivity contribution in [1.82, 2.24) is 5.32 Å². The molecule has 0 saturated heterocycles.